The first kappa shape index (κ1) is 14.6. The molecule has 1 saturated heterocycles. The molecule has 2 heterocycles. The SMILES string of the molecule is Cc1ncccc1OC[C@@H]1CCC(=O)N1Cc1ccccc1. The third-order valence-electron chi connectivity index (χ3n) is 4.04. The molecule has 114 valence electrons. The first-order valence-corrected chi connectivity index (χ1v) is 7.62. The lowest BCUT2D eigenvalue weighted by Gasteiger charge is -2.25. The van der Waals surface area contributed by atoms with E-state index >= 15 is 0 Å². The zero-order chi connectivity index (χ0) is 15.4. The molecule has 22 heavy (non-hydrogen) atoms. The van der Waals surface area contributed by atoms with Crippen molar-refractivity contribution in [1.82, 2.24) is 9.88 Å². The molecule has 2 aromatic rings. The molecule has 0 radical (unpaired) electrons. The molecular formula is C18H20N2O2. The largest absolute Gasteiger partial charge is 0.490 e. The molecule has 1 aliphatic rings. The van der Waals surface area contributed by atoms with Crippen LogP contribution in [0.25, 0.3) is 0 Å². The number of carbonyl (C=O) groups is 1. The maximum atomic E-state index is 12.1. The number of pyridine rings is 1. The summed E-state index contributed by atoms with van der Waals surface area (Å²) in [5, 5.41) is 0. The molecule has 0 unspecified atom stereocenters. The summed E-state index contributed by atoms with van der Waals surface area (Å²) in [5.41, 5.74) is 2.03. The molecule has 1 aromatic heterocycles. The van der Waals surface area contributed by atoms with Crippen molar-refractivity contribution in [2.75, 3.05) is 6.61 Å². The Kier molecular flexibility index (Phi) is 4.37. The van der Waals surface area contributed by atoms with Crippen LogP contribution in [0.5, 0.6) is 5.75 Å². The summed E-state index contributed by atoms with van der Waals surface area (Å²) in [7, 11) is 0. The van der Waals surface area contributed by atoms with Gasteiger partial charge in [-0.15, -0.1) is 0 Å². The van der Waals surface area contributed by atoms with E-state index in [0.29, 0.717) is 19.6 Å². The minimum Gasteiger partial charge on any atom is -0.490 e. The van der Waals surface area contributed by atoms with Gasteiger partial charge >= 0.3 is 0 Å². The molecule has 0 N–H and O–H groups in total. The van der Waals surface area contributed by atoms with Crippen molar-refractivity contribution in [2.24, 2.45) is 0 Å². The van der Waals surface area contributed by atoms with E-state index in [9.17, 15) is 4.79 Å². The molecule has 1 aromatic carbocycles. The number of nitrogens with zero attached hydrogens (tertiary/aromatic N) is 2. The third kappa shape index (κ3) is 3.27. The number of carbonyl (C=O) groups excluding carboxylic acids is 1. The summed E-state index contributed by atoms with van der Waals surface area (Å²) in [5.74, 6) is 1.00. The lowest BCUT2D eigenvalue weighted by Crippen LogP contribution is -2.36. The first-order valence-electron chi connectivity index (χ1n) is 7.62. The third-order valence-corrected chi connectivity index (χ3v) is 4.04. The van der Waals surface area contributed by atoms with Crippen LogP contribution in [-0.4, -0.2) is 28.4 Å². The minimum absolute atomic E-state index is 0.132. The Balaban J connectivity index is 1.65. The Bertz CT molecular complexity index is 643. The van der Waals surface area contributed by atoms with E-state index in [1.165, 1.54) is 0 Å². The molecule has 0 bridgehead atoms. The molecule has 1 amide bonds. The Morgan fingerprint density at radius 3 is 2.82 bits per heavy atom. The fourth-order valence-corrected chi connectivity index (χ4v) is 2.77. The molecule has 4 heteroatoms. The number of aromatic nitrogens is 1. The second-order valence-electron chi connectivity index (χ2n) is 5.60. The first-order chi connectivity index (χ1) is 10.7. The van der Waals surface area contributed by atoms with E-state index in [4.69, 9.17) is 4.74 Å². The number of amides is 1. The smallest absolute Gasteiger partial charge is 0.223 e. The molecule has 0 saturated carbocycles. The number of ether oxygens (including phenoxy) is 1. The van der Waals surface area contributed by atoms with Gasteiger partial charge in [0.1, 0.15) is 12.4 Å². The van der Waals surface area contributed by atoms with E-state index in [1.807, 2.05) is 42.2 Å². The van der Waals surface area contributed by atoms with E-state index in [0.717, 1.165) is 23.4 Å². The van der Waals surface area contributed by atoms with E-state index in [-0.39, 0.29) is 11.9 Å². The summed E-state index contributed by atoms with van der Waals surface area (Å²) in [6.45, 7) is 3.10. The van der Waals surface area contributed by atoms with Crippen molar-refractivity contribution in [3.63, 3.8) is 0 Å². The molecule has 1 aliphatic heterocycles. The summed E-state index contributed by atoms with van der Waals surface area (Å²) in [6, 6.07) is 14.0. The average Bonchev–Trinajstić information content (AvgIpc) is 2.88. The Labute approximate surface area is 130 Å². The van der Waals surface area contributed by atoms with Gasteiger partial charge in [-0.1, -0.05) is 30.3 Å². The quantitative estimate of drug-likeness (QED) is 0.852. The highest BCUT2D eigenvalue weighted by Gasteiger charge is 2.31. The van der Waals surface area contributed by atoms with Gasteiger partial charge in [0, 0.05) is 19.2 Å². The van der Waals surface area contributed by atoms with Gasteiger partial charge < -0.3 is 9.64 Å². The summed E-state index contributed by atoms with van der Waals surface area (Å²) < 4.78 is 5.88. The lowest BCUT2D eigenvalue weighted by atomic mass is 10.2. The van der Waals surface area contributed by atoms with Crippen LogP contribution in [0.15, 0.2) is 48.7 Å². The molecular weight excluding hydrogens is 276 g/mol. The highest BCUT2D eigenvalue weighted by Crippen LogP contribution is 2.23. The van der Waals surface area contributed by atoms with Crippen molar-refractivity contribution in [3.8, 4) is 5.75 Å². The van der Waals surface area contributed by atoms with Gasteiger partial charge in [-0.2, -0.15) is 0 Å². The van der Waals surface area contributed by atoms with Crippen LogP contribution >= 0.6 is 0 Å². The van der Waals surface area contributed by atoms with E-state index in [2.05, 4.69) is 17.1 Å². The van der Waals surface area contributed by atoms with Crippen molar-refractivity contribution >= 4 is 5.91 Å². The van der Waals surface area contributed by atoms with Gasteiger partial charge in [0.2, 0.25) is 5.91 Å². The van der Waals surface area contributed by atoms with Crippen LogP contribution in [0.4, 0.5) is 0 Å². The van der Waals surface area contributed by atoms with Crippen LogP contribution in [0.3, 0.4) is 0 Å². The van der Waals surface area contributed by atoms with Crippen molar-refractivity contribution < 1.29 is 9.53 Å². The van der Waals surface area contributed by atoms with E-state index in [1.54, 1.807) is 6.20 Å². The number of hydrogen-bond acceptors (Lipinski definition) is 3. The van der Waals surface area contributed by atoms with Crippen LogP contribution in [0, 0.1) is 6.92 Å². The molecule has 0 spiro atoms. The molecule has 0 aliphatic carbocycles. The summed E-state index contributed by atoms with van der Waals surface area (Å²) in [6.07, 6.45) is 3.21. The molecule has 1 fully saturated rings. The fourth-order valence-electron chi connectivity index (χ4n) is 2.77. The van der Waals surface area contributed by atoms with Gasteiger partial charge in [-0.3, -0.25) is 9.78 Å². The second kappa shape index (κ2) is 6.60. The van der Waals surface area contributed by atoms with Gasteiger partial charge in [-0.25, -0.2) is 0 Å². The highest BCUT2D eigenvalue weighted by atomic mass is 16.5. The van der Waals surface area contributed by atoms with Crippen LogP contribution in [0.2, 0.25) is 0 Å². The number of benzene rings is 1. The standard InChI is InChI=1S/C18H20N2O2/c1-14-17(8-5-11-19-14)22-13-16-9-10-18(21)20(16)12-15-6-3-2-4-7-15/h2-8,11,16H,9-10,12-13H2,1H3/t16-/m0/s1. The highest BCUT2D eigenvalue weighted by molar-refractivity contribution is 5.78. The zero-order valence-corrected chi connectivity index (χ0v) is 12.7. The number of hydrogen-bond donors (Lipinski definition) is 0. The molecule has 4 nitrogen and oxygen atoms in total. The van der Waals surface area contributed by atoms with Crippen molar-refractivity contribution in [2.45, 2.75) is 32.4 Å². The summed E-state index contributed by atoms with van der Waals surface area (Å²) >= 11 is 0. The summed E-state index contributed by atoms with van der Waals surface area (Å²) in [4.78, 5) is 18.3. The predicted octanol–water partition coefficient (Wildman–Crippen LogP) is 2.96. The minimum atomic E-state index is 0.132. The van der Waals surface area contributed by atoms with Crippen LogP contribution < -0.4 is 4.74 Å². The predicted molar refractivity (Wildman–Crippen MR) is 84.5 cm³/mol. The average molecular weight is 296 g/mol. The van der Waals surface area contributed by atoms with Crippen LogP contribution in [-0.2, 0) is 11.3 Å². The Morgan fingerprint density at radius 2 is 2.05 bits per heavy atom. The molecule has 3 rings (SSSR count). The monoisotopic (exact) mass is 296 g/mol. The van der Waals surface area contributed by atoms with Gasteiger partial charge in [0.15, 0.2) is 0 Å². The van der Waals surface area contributed by atoms with Gasteiger partial charge in [0.25, 0.3) is 0 Å². The van der Waals surface area contributed by atoms with Crippen molar-refractivity contribution in [1.29, 1.82) is 0 Å². The lowest BCUT2D eigenvalue weighted by molar-refractivity contribution is -0.129. The number of rotatable bonds is 5. The maximum absolute atomic E-state index is 12.1. The number of aryl methyl sites for hydroxylation is 1. The topological polar surface area (TPSA) is 42.4 Å². The maximum Gasteiger partial charge on any atom is 0.223 e. The van der Waals surface area contributed by atoms with Crippen molar-refractivity contribution in [3.05, 3.63) is 59.9 Å². The van der Waals surface area contributed by atoms with Gasteiger partial charge in [0.05, 0.1) is 11.7 Å². The zero-order valence-electron chi connectivity index (χ0n) is 12.7. The fraction of sp³-hybridized carbons (Fsp3) is 0.333. The molecule has 1 atom stereocenters. The normalized spacial score (nSPS) is 17.8. The van der Waals surface area contributed by atoms with Crippen LogP contribution in [0.1, 0.15) is 24.1 Å². The van der Waals surface area contributed by atoms with E-state index < -0.39 is 0 Å². The number of likely N-dealkylation sites (tertiary alicyclic amines) is 1. The van der Waals surface area contributed by atoms with Gasteiger partial charge in [-0.05, 0) is 31.0 Å². The Hall–Kier alpha value is -2.36. The second-order valence-corrected chi connectivity index (χ2v) is 5.60. The Morgan fingerprint density at radius 1 is 1.23 bits per heavy atom.